The van der Waals surface area contributed by atoms with Gasteiger partial charge in [0.05, 0.1) is 19.1 Å². The fourth-order valence-electron chi connectivity index (χ4n) is 5.89. The van der Waals surface area contributed by atoms with Gasteiger partial charge in [-0.2, -0.15) is 0 Å². The number of hydrogen-bond acceptors (Lipinski definition) is 8. The van der Waals surface area contributed by atoms with Crippen LogP contribution >= 0.6 is 0 Å². The van der Waals surface area contributed by atoms with E-state index in [4.69, 9.17) is 14.6 Å². The Morgan fingerprint density at radius 2 is 1.35 bits per heavy atom. The van der Waals surface area contributed by atoms with Gasteiger partial charge >= 0.3 is 18.2 Å². The van der Waals surface area contributed by atoms with Crippen LogP contribution in [0, 0.1) is 0 Å². The molecule has 4 rings (SSSR count). The number of nitrogens with one attached hydrogen (secondary N) is 1. The van der Waals surface area contributed by atoms with Crippen molar-refractivity contribution in [1.29, 1.82) is 0 Å². The Morgan fingerprint density at radius 3 is 1.90 bits per heavy atom. The van der Waals surface area contributed by atoms with Crippen molar-refractivity contribution in [2.75, 3.05) is 53.9 Å². The molecule has 0 radical (unpaired) electrons. The molecule has 2 atom stereocenters. The first-order valence-corrected chi connectivity index (χ1v) is 15.6. The number of carbonyl (C=O) groups is 6. The number of alkyl carbamates (subject to hydrolysis) is 1. The molecule has 0 bridgehead atoms. The van der Waals surface area contributed by atoms with Crippen LogP contribution in [0.3, 0.4) is 0 Å². The number of ether oxygens (including phenoxy) is 2. The van der Waals surface area contributed by atoms with Gasteiger partial charge in [-0.15, -0.1) is 0 Å². The number of carbonyl (C=O) groups excluding carboxylic acids is 5. The zero-order valence-electron chi connectivity index (χ0n) is 28.1. The van der Waals surface area contributed by atoms with Gasteiger partial charge in [0.1, 0.15) is 24.8 Å². The molecule has 1 saturated heterocycles. The van der Waals surface area contributed by atoms with Crippen LogP contribution in [0.4, 0.5) is 9.59 Å². The van der Waals surface area contributed by atoms with Crippen LogP contribution in [-0.4, -0.2) is 132 Å². The molecule has 1 aliphatic heterocycles. The molecule has 2 N–H and O–H groups in total. The highest BCUT2D eigenvalue weighted by Crippen LogP contribution is 2.44. The molecular formula is C34H43N5O9. The zero-order chi connectivity index (χ0) is 35.3. The molecule has 2 aromatic rings. The quantitative estimate of drug-likeness (QED) is 0.388. The lowest BCUT2D eigenvalue weighted by molar-refractivity contribution is -0.146. The number of benzene rings is 2. The van der Waals surface area contributed by atoms with Gasteiger partial charge in [0, 0.05) is 33.6 Å². The summed E-state index contributed by atoms with van der Waals surface area (Å²) >= 11 is 0. The molecule has 0 spiro atoms. The lowest BCUT2D eigenvalue weighted by atomic mass is 9.98. The Balaban J connectivity index is 1.46. The molecule has 2 aromatic carbocycles. The van der Waals surface area contributed by atoms with Gasteiger partial charge in [0.2, 0.25) is 17.7 Å². The van der Waals surface area contributed by atoms with Crippen molar-refractivity contribution < 1.29 is 43.3 Å². The molecule has 1 fully saturated rings. The number of nitrogens with zero attached hydrogens (tertiary/aromatic N) is 4. The summed E-state index contributed by atoms with van der Waals surface area (Å²) in [5.74, 6) is -3.12. The number of carboxylic acid groups (broad SMARTS) is 1. The third-order valence-corrected chi connectivity index (χ3v) is 8.22. The fourth-order valence-corrected chi connectivity index (χ4v) is 5.89. The van der Waals surface area contributed by atoms with Crippen molar-refractivity contribution in [3.63, 3.8) is 0 Å². The van der Waals surface area contributed by atoms with E-state index in [1.54, 1.807) is 20.8 Å². The van der Waals surface area contributed by atoms with E-state index in [2.05, 4.69) is 5.32 Å². The van der Waals surface area contributed by atoms with Crippen molar-refractivity contribution in [3.8, 4) is 11.1 Å². The standard InChI is InChI=1S/C34H43N5O9/c1-34(2,3)48-32(45)35-21-15-27(31(44)38(6)18-29(41)36(4)17-28(40)37(5)19-30(42)43)39(16-21)33(46)47-20-26-24-13-9-7-11-22(24)23-12-8-10-14-25(23)26/h7-14,21,26-27H,15-20H2,1-6H3,(H,35,45)(H,42,43)/t21-,27+/m1/s1. The zero-order valence-corrected chi connectivity index (χ0v) is 28.1. The van der Waals surface area contributed by atoms with Crippen LogP contribution in [0.15, 0.2) is 48.5 Å². The first-order valence-electron chi connectivity index (χ1n) is 15.6. The Labute approximate surface area is 279 Å². The fraction of sp³-hybridized carbons (Fsp3) is 0.471. The van der Waals surface area contributed by atoms with Gasteiger partial charge in [0.25, 0.3) is 0 Å². The minimum Gasteiger partial charge on any atom is -0.480 e. The maximum Gasteiger partial charge on any atom is 0.410 e. The van der Waals surface area contributed by atoms with E-state index in [-0.39, 0.29) is 32.0 Å². The van der Waals surface area contributed by atoms with Gasteiger partial charge in [-0.25, -0.2) is 9.59 Å². The van der Waals surface area contributed by atoms with E-state index in [0.29, 0.717) is 0 Å². The summed E-state index contributed by atoms with van der Waals surface area (Å²) in [6.07, 6.45) is -1.39. The minimum atomic E-state index is -1.19. The lowest BCUT2D eigenvalue weighted by Crippen LogP contribution is -2.50. The average molecular weight is 666 g/mol. The van der Waals surface area contributed by atoms with Crippen molar-refractivity contribution in [2.24, 2.45) is 0 Å². The summed E-state index contributed by atoms with van der Waals surface area (Å²) in [5.41, 5.74) is 3.42. The number of fused-ring (bicyclic) bond motifs is 3. The Morgan fingerprint density at radius 1 is 0.833 bits per heavy atom. The predicted molar refractivity (Wildman–Crippen MR) is 174 cm³/mol. The highest BCUT2D eigenvalue weighted by molar-refractivity contribution is 5.92. The van der Waals surface area contributed by atoms with Crippen molar-refractivity contribution in [3.05, 3.63) is 59.7 Å². The first-order chi connectivity index (χ1) is 22.6. The molecule has 0 aromatic heterocycles. The van der Waals surface area contributed by atoms with Crippen LogP contribution in [-0.2, 0) is 28.7 Å². The van der Waals surface area contributed by atoms with Crippen molar-refractivity contribution >= 4 is 35.9 Å². The predicted octanol–water partition coefficient (Wildman–Crippen LogP) is 2.36. The van der Waals surface area contributed by atoms with Gasteiger partial charge in [-0.1, -0.05) is 48.5 Å². The lowest BCUT2D eigenvalue weighted by Gasteiger charge is -2.28. The Kier molecular flexibility index (Phi) is 11.0. The monoisotopic (exact) mass is 665 g/mol. The maximum atomic E-state index is 13.7. The summed E-state index contributed by atoms with van der Waals surface area (Å²) in [5, 5.41) is 11.6. The third kappa shape index (κ3) is 8.60. The molecule has 2 aliphatic rings. The largest absolute Gasteiger partial charge is 0.480 e. The van der Waals surface area contributed by atoms with Crippen LogP contribution in [0.1, 0.15) is 44.2 Å². The van der Waals surface area contributed by atoms with Gasteiger partial charge < -0.3 is 34.6 Å². The number of carboxylic acids is 1. The Hall–Kier alpha value is -5.14. The van der Waals surface area contributed by atoms with Gasteiger partial charge in [-0.05, 0) is 49.4 Å². The summed E-state index contributed by atoms with van der Waals surface area (Å²) in [6, 6.07) is 14.1. The van der Waals surface area contributed by atoms with Crippen LogP contribution in [0.25, 0.3) is 11.1 Å². The number of hydrogen-bond donors (Lipinski definition) is 2. The highest BCUT2D eigenvalue weighted by atomic mass is 16.6. The number of aliphatic carboxylic acids is 1. The number of likely N-dealkylation sites (tertiary alicyclic amines) is 1. The van der Waals surface area contributed by atoms with E-state index in [9.17, 15) is 28.8 Å². The van der Waals surface area contributed by atoms with Crippen LogP contribution in [0.2, 0.25) is 0 Å². The van der Waals surface area contributed by atoms with E-state index in [1.807, 2.05) is 48.5 Å². The second-order valence-electron chi connectivity index (χ2n) is 13.1. The molecule has 14 heteroatoms. The summed E-state index contributed by atoms with van der Waals surface area (Å²) in [7, 11) is 4.08. The smallest absolute Gasteiger partial charge is 0.410 e. The molecule has 1 heterocycles. The molecular weight excluding hydrogens is 622 g/mol. The van der Waals surface area contributed by atoms with Gasteiger partial charge in [-0.3, -0.25) is 24.1 Å². The summed E-state index contributed by atoms with van der Waals surface area (Å²) < 4.78 is 11.2. The summed E-state index contributed by atoms with van der Waals surface area (Å²) in [6.45, 7) is 3.83. The molecule has 258 valence electrons. The highest BCUT2D eigenvalue weighted by Gasteiger charge is 2.43. The van der Waals surface area contributed by atoms with Crippen molar-refractivity contribution in [1.82, 2.24) is 24.9 Å². The molecule has 0 unspecified atom stereocenters. The molecule has 0 saturated carbocycles. The van der Waals surface area contributed by atoms with E-state index >= 15 is 0 Å². The molecule has 14 nitrogen and oxygen atoms in total. The maximum absolute atomic E-state index is 13.7. The number of rotatable bonds is 10. The van der Waals surface area contributed by atoms with E-state index in [1.165, 1.54) is 26.0 Å². The van der Waals surface area contributed by atoms with Crippen molar-refractivity contribution in [2.45, 2.75) is 50.8 Å². The normalized spacial score (nSPS) is 16.8. The van der Waals surface area contributed by atoms with Crippen LogP contribution in [0.5, 0.6) is 0 Å². The topological polar surface area (TPSA) is 166 Å². The third-order valence-electron chi connectivity index (χ3n) is 8.22. The van der Waals surface area contributed by atoms with E-state index < -0.39 is 66.7 Å². The van der Waals surface area contributed by atoms with E-state index in [0.717, 1.165) is 37.0 Å². The molecule has 1 aliphatic carbocycles. The molecule has 48 heavy (non-hydrogen) atoms. The number of amides is 5. The minimum absolute atomic E-state index is 0.0257. The first kappa shape index (κ1) is 35.7. The second-order valence-corrected chi connectivity index (χ2v) is 13.1. The van der Waals surface area contributed by atoms with Crippen LogP contribution < -0.4 is 5.32 Å². The second kappa shape index (κ2) is 14.7. The Bertz CT molecular complexity index is 1530. The SMILES string of the molecule is CN(CC(=O)O)C(=O)CN(C)C(=O)CN(C)C(=O)[C@@H]1C[C@@H](NC(=O)OC(C)(C)C)CN1C(=O)OCC1c2ccccc2-c2ccccc21. The average Bonchev–Trinajstić information content (AvgIpc) is 3.57. The summed E-state index contributed by atoms with van der Waals surface area (Å²) in [4.78, 5) is 80.6. The van der Waals surface area contributed by atoms with Gasteiger partial charge in [0.15, 0.2) is 0 Å². The number of likely N-dealkylation sites (N-methyl/N-ethyl adjacent to an activating group) is 3. The molecule has 5 amide bonds.